The molecule has 3 aromatic rings. The van der Waals surface area contributed by atoms with Crippen LogP contribution >= 0.6 is 15.9 Å². The van der Waals surface area contributed by atoms with Crippen LogP contribution in [0.5, 0.6) is 0 Å². The molecule has 0 saturated heterocycles. The van der Waals surface area contributed by atoms with Crippen LogP contribution in [0.25, 0.3) is 16.9 Å². The largest absolute Gasteiger partial charge is 0.384 e. The molecule has 0 bridgehead atoms. The van der Waals surface area contributed by atoms with Gasteiger partial charge in [0.2, 0.25) is 0 Å². The standard InChI is InChI=1S/C15H11BrFN3/c16-11-6-2-1-5-10(11)13-9-15(18)20(19-13)14-8-4-3-7-12(14)17/h1-9H,18H2. The second-order valence-corrected chi connectivity index (χ2v) is 5.15. The third-order valence-electron chi connectivity index (χ3n) is 2.97. The Kier molecular flexibility index (Phi) is 3.28. The average molecular weight is 332 g/mol. The molecule has 0 unspecified atom stereocenters. The third kappa shape index (κ3) is 2.20. The van der Waals surface area contributed by atoms with Gasteiger partial charge in [0.05, 0.1) is 5.69 Å². The molecule has 3 rings (SSSR count). The van der Waals surface area contributed by atoms with Gasteiger partial charge in [-0.25, -0.2) is 9.07 Å². The number of benzene rings is 2. The fourth-order valence-electron chi connectivity index (χ4n) is 2.01. The Morgan fingerprint density at radius 1 is 1.05 bits per heavy atom. The minimum absolute atomic E-state index is 0.336. The fraction of sp³-hybridized carbons (Fsp3) is 0. The highest BCUT2D eigenvalue weighted by atomic mass is 79.9. The molecule has 0 aliphatic heterocycles. The van der Waals surface area contributed by atoms with Crippen LogP contribution in [0.3, 0.4) is 0 Å². The summed E-state index contributed by atoms with van der Waals surface area (Å²) in [6.07, 6.45) is 0. The van der Waals surface area contributed by atoms with Crippen molar-refractivity contribution in [3.63, 3.8) is 0 Å². The van der Waals surface area contributed by atoms with E-state index >= 15 is 0 Å². The number of anilines is 1. The number of rotatable bonds is 2. The van der Waals surface area contributed by atoms with Crippen molar-refractivity contribution in [1.82, 2.24) is 9.78 Å². The first kappa shape index (κ1) is 12.9. The van der Waals surface area contributed by atoms with Crippen LogP contribution in [0.4, 0.5) is 10.2 Å². The predicted octanol–water partition coefficient (Wildman–Crippen LogP) is 4.02. The molecule has 0 amide bonds. The van der Waals surface area contributed by atoms with Crippen LogP contribution < -0.4 is 5.73 Å². The molecule has 0 aliphatic carbocycles. The Hall–Kier alpha value is -2.14. The Labute approximate surface area is 124 Å². The quantitative estimate of drug-likeness (QED) is 0.770. The average Bonchev–Trinajstić information content (AvgIpc) is 2.81. The van der Waals surface area contributed by atoms with Gasteiger partial charge in [-0.15, -0.1) is 0 Å². The number of para-hydroxylation sites is 1. The lowest BCUT2D eigenvalue weighted by atomic mass is 10.1. The molecule has 0 radical (unpaired) electrons. The third-order valence-corrected chi connectivity index (χ3v) is 3.66. The van der Waals surface area contributed by atoms with Gasteiger partial charge in [0, 0.05) is 16.1 Å². The van der Waals surface area contributed by atoms with Crippen LogP contribution in [-0.4, -0.2) is 9.78 Å². The van der Waals surface area contributed by atoms with Crippen molar-refractivity contribution in [2.24, 2.45) is 0 Å². The van der Waals surface area contributed by atoms with Crippen molar-refractivity contribution < 1.29 is 4.39 Å². The molecule has 1 aromatic heterocycles. The molecule has 2 aromatic carbocycles. The Morgan fingerprint density at radius 3 is 2.50 bits per heavy atom. The van der Waals surface area contributed by atoms with Crippen LogP contribution in [-0.2, 0) is 0 Å². The molecule has 100 valence electrons. The maximum absolute atomic E-state index is 13.8. The van der Waals surface area contributed by atoms with E-state index in [-0.39, 0.29) is 5.82 Å². The van der Waals surface area contributed by atoms with E-state index < -0.39 is 0 Å². The molecular formula is C15H11BrFN3. The van der Waals surface area contributed by atoms with Gasteiger partial charge in [-0.2, -0.15) is 5.10 Å². The minimum atomic E-state index is -0.360. The van der Waals surface area contributed by atoms with E-state index in [9.17, 15) is 4.39 Å². The van der Waals surface area contributed by atoms with Gasteiger partial charge in [0.25, 0.3) is 0 Å². The number of nitrogen functional groups attached to an aromatic ring is 1. The van der Waals surface area contributed by atoms with Crippen LogP contribution in [0.15, 0.2) is 59.1 Å². The topological polar surface area (TPSA) is 43.8 Å². The molecule has 2 N–H and O–H groups in total. The summed E-state index contributed by atoms with van der Waals surface area (Å²) in [5.41, 5.74) is 7.89. The number of hydrogen-bond donors (Lipinski definition) is 1. The number of nitrogens with zero attached hydrogens (tertiary/aromatic N) is 2. The van der Waals surface area contributed by atoms with Crippen molar-refractivity contribution in [3.05, 3.63) is 64.9 Å². The summed E-state index contributed by atoms with van der Waals surface area (Å²) in [7, 11) is 0. The van der Waals surface area contributed by atoms with Crippen LogP contribution in [0, 0.1) is 5.82 Å². The van der Waals surface area contributed by atoms with E-state index in [1.807, 2.05) is 24.3 Å². The van der Waals surface area contributed by atoms with Gasteiger partial charge >= 0.3 is 0 Å². The van der Waals surface area contributed by atoms with Crippen LogP contribution in [0.1, 0.15) is 0 Å². The minimum Gasteiger partial charge on any atom is -0.384 e. The second kappa shape index (κ2) is 5.09. The fourth-order valence-corrected chi connectivity index (χ4v) is 2.50. The smallest absolute Gasteiger partial charge is 0.148 e. The Bertz CT molecular complexity index is 767. The lowest BCUT2D eigenvalue weighted by Crippen LogP contribution is -2.03. The van der Waals surface area contributed by atoms with Crippen molar-refractivity contribution in [1.29, 1.82) is 0 Å². The Morgan fingerprint density at radius 2 is 1.75 bits per heavy atom. The number of aromatic nitrogens is 2. The van der Waals surface area contributed by atoms with Gasteiger partial charge < -0.3 is 5.73 Å². The van der Waals surface area contributed by atoms with Gasteiger partial charge in [-0.05, 0) is 18.2 Å². The highest BCUT2D eigenvalue weighted by molar-refractivity contribution is 9.10. The van der Waals surface area contributed by atoms with E-state index in [0.717, 1.165) is 10.0 Å². The molecule has 20 heavy (non-hydrogen) atoms. The molecule has 0 fully saturated rings. The summed E-state index contributed by atoms with van der Waals surface area (Å²) in [6, 6.07) is 15.8. The monoisotopic (exact) mass is 331 g/mol. The summed E-state index contributed by atoms with van der Waals surface area (Å²) in [5.74, 6) is 0.0295. The van der Waals surface area contributed by atoms with Crippen molar-refractivity contribution in [2.75, 3.05) is 5.73 Å². The maximum Gasteiger partial charge on any atom is 0.148 e. The summed E-state index contributed by atoms with van der Waals surface area (Å²) in [5, 5.41) is 4.39. The van der Waals surface area contributed by atoms with E-state index in [4.69, 9.17) is 5.73 Å². The molecule has 3 nitrogen and oxygen atoms in total. The molecule has 0 spiro atoms. The van der Waals surface area contributed by atoms with Crippen molar-refractivity contribution in [2.45, 2.75) is 0 Å². The van der Waals surface area contributed by atoms with E-state index in [2.05, 4.69) is 21.0 Å². The van der Waals surface area contributed by atoms with Crippen LogP contribution in [0.2, 0.25) is 0 Å². The van der Waals surface area contributed by atoms with Crippen molar-refractivity contribution in [3.8, 4) is 16.9 Å². The SMILES string of the molecule is Nc1cc(-c2ccccc2Br)nn1-c1ccccc1F. The molecular weight excluding hydrogens is 321 g/mol. The van der Waals surface area contributed by atoms with E-state index in [1.54, 1.807) is 24.3 Å². The molecule has 0 saturated carbocycles. The highest BCUT2D eigenvalue weighted by Gasteiger charge is 2.13. The van der Waals surface area contributed by atoms with Gasteiger partial charge in [-0.1, -0.05) is 46.3 Å². The summed E-state index contributed by atoms with van der Waals surface area (Å²) in [4.78, 5) is 0. The van der Waals surface area contributed by atoms with Gasteiger partial charge in [0.1, 0.15) is 17.3 Å². The second-order valence-electron chi connectivity index (χ2n) is 4.30. The zero-order chi connectivity index (χ0) is 14.1. The zero-order valence-corrected chi connectivity index (χ0v) is 12.0. The lowest BCUT2D eigenvalue weighted by Gasteiger charge is -2.04. The number of hydrogen-bond acceptors (Lipinski definition) is 2. The van der Waals surface area contributed by atoms with Gasteiger partial charge in [-0.3, -0.25) is 0 Å². The normalized spacial score (nSPS) is 10.7. The summed E-state index contributed by atoms with van der Waals surface area (Å²) < 4.78 is 16.1. The van der Waals surface area contributed by atoms with E-state index in [1.165, 1.54) is 10.7 Å². The maximum atomic E-state index is 13.8. The summed E-state index contributed by atoms with van der Waals surface area (Å²) >= 11 is 3.47. The molecule has 0 aliphatic rings. The lowest BCUT2D eigenvalue weighted by molar-refractivity contribution is 0.612. The first-order valence-electron chi connectivity index (χ1n) is 6.02. The van der Waals surface area contributed by atoms with Crippen molar-refractivity contribution >= 4 is 21.7 Å². The number of halogens is 2. The zero-order valence-electron chi connectivity index (χ0n) is 10.4. The molecule has 1 heterocycles. The van der Waals surface area contributed by atoms with E-state index in [0.29, 0.717) is 17.2 Å². The summed E-state index contributed by atoms with van der Waals surface area (Å²) in [6.45, 7) is 0. The Balaban J connectivity index is 2.13. The first-order valence-corrected chi connectivity index (χ1v) is 6.81. The first-order chi connectivity index (χ1) is 9.66. The highest BCUT2D eigenvalue weighted by Crippen LogP contribution is 2.29. The predicted molar refractivity (Wildman–Crippen MR) is 81.1 cm³/mol. The number of nitrogens with two attached hydrogens (primary N) is 1. The van der Waals surface area contributed by atoms with Gasteiger partial charge in [0.15, 0.2) is 0 Å². The molecule has 5 heteroatoms. The molecule has 0 atom stereocenters.